The predicted molar refractivity (Wildman–Crippen MR) is 85.0 cm³/mol. The molecular formula is C15H28BrN3. The topological polar surface area (TPSA) is 43.8 Å². The monoisotopic (exact) mass is 329 g/mol. The van der Waals surface area contributed by atoms with Crippen LogP contribution in [0.25, 0.3) is 0 Å². The summed E-state index contributed by atoms with van der Waals surface area (Å²) in [7, 11) is 0. The number of nitrogens with zero attached hydrogens (tertiary/aromatic N) is 2. The van der Waals surface area contributed by atoms with Gasteiger partial charge >= 0.3 is 0 Å². The van der Waals surface area contributed by atoms with E-state index in [1.54, 1.807) is 0 Å². The summed E-state index contributed by atoms with van der Waals surface area (Å²) in [4.78, 5) is 0. The van der Waals surface area contributed by atoms with Gasteiger partial charge in [0.15, 0.2) is 0 Å². The van der Waals surface area contributed by atoms with Crippen molar-refractivity contribution in [3.05, 3.63) is 16.4 Å². The molecule has 1 aromatic rings. The first-order valence-electron chi connectivity index (χ1n) is 7.21. The molecule has 0 spiro atoms. The molecule has 3 nitrogen and oxygen atoms in total. The minimum atomic E-state index is 0.0563. The molecule has 0 radical (unpaired) electrons. The molecule has 0 aromatic carbocycles. The Labute approximate surface area is 126 Å². The SMILES string of the molecule is CCCn1ncc(Br)c1C(N)CC(C)CC(C)(C)C. The number of nitrogens with two attached hydrogens (primary N) is 1. The Balaban J connectivity index is 2.72. The van der Waals surface area contributed by atoms with Gasteiger partial charge in [-0.05, 0) is 46.5 Å². The van der Waals surface area contributed by atoms with Crippen LogP contribution >= 0.6 is 15.9 Å². The van der Waals surface area contributed by atoms with Crippen LogP contribution in [0.2, 0.25) is 0 Å². The zero-order valence-electron chi connectivity index (χ0n) is 12.9. The smallest absolute Gasteiger partial charge is 0.0693 e. The van der Waals surface area contributed by atoms with Crippen molar-refractivity contribution in [1.82, 2.24) is 9.78 Å². The molecule has 0 bridgehead atoms. The summed E-state index contributed by atoms with van der Waals surface area (Å²) in [5.41, 5.74) is 7.90. The second kappa shape index (κ2) is 6.89. The van der Waals surface area contributed by atoms with E-state index in [4.69, 9.17) is 5.73 Å². The molecule has 0 fully saturated rings. The van der Waals surface area contributed by atoms with Gasteiger partial charge in [-0.2, -0.15) is 5.10 Å². The first-order valence-corrected chi connectivity index (χ1v) is 8.00. The molecule has 2 atom stereocenters. The van der Waals surface area contributed by atoms with Crippen LogP contribution in [-0.2, 0) is 6.54 Å². The van der Waals surface area contributed by atoms with Crippen molar-refractivity contribution in [1.29, 1.82) is 0 Å². The predicted octanol–water partition coefficient (Wildman–Crippen LogP) is 4.52. The Morgan fingerprint density at radius 2 is 2.05 bits per heavy atom. The second-order valence-electron chi connectivity index (χ2n) is 6.81. The summed E-state index contributed by atoms with van der Waals surface area (Å²) in [6.45, 7) is 12.2. The fourth-order valence-corrected chi connectivity index (χ4v) is 3.39. The molecule has 0 aliphatic carbocycles. The van der Waals surface area contributed by atoms with Crippen molar-refractivity contribution in [3.8, 4) is 0 Å². The van der Waals surface area contributed by atoms with E-state index in [1.165, 1.54) is 6.42 Å². The van der Waals surface area contributed by atoms with E-state index in [0.29, 0.717) is 11.3 Å². The van der Waals surface area contributed by atoms with Crippen LogP contribution in [0.4, 0.5) is 0 Å². The highest BCUT2D eigenvalue weighted by Crippen LogP contribution is 2.31. The van der Waals surface area contributed by atoms with Gasteiger partial charge in [0.25, 0.3) is 0 Å². The van der Waals surface area contributed by atoms with E-state index in [-0.39, 0.29) is 6.04 Å². The van der Waals surface area contributed by atoms with Gasteiger partial charge < -0.3 is 5.73 Å². The standard InChI is InChI=1S/C15H28BrN3/c1-6-7-19-14(12(16)10-18-19)13(17)8-11(2)9-15(3,4)5/h10-11,13H,6-9,17H2,1-5H3. The van der Waals surface area contributed by atoms with Gasteiger partial charge in [-0.3, -0.25) is 4.68 Å². The Hall–Kier alpha value is -0.350. The quantitative estimate of drug-likeness (QED) is 0.833. The zero-order valence-corrected chi connectivity index (χ0v) is 14.5. The minimum Gasteiger partial charge on any atom is -0.323 e. The van der Waals surface area contributed by atoms with Gasteiger partial charge in [0.05, 0.1) is 16.4 Å². The first kappa shape index (κ1) is 16.7. The van der Waals surface area contributed by atoms with E-state index in [1.807, 2.05) is 10.9 Å². The average molecular weight is 330 g/mol. The Morgan fingerprint density at radius 3 is 2.58 bits per heavy atom. The number of rotatable bonds is 6. The lowest BCUT2D eigenvalue weighted by atomic mass is 9.82. The number of hydrogen-bond acceptors (Lipinski definition) is 2. The summed E-state index contributed by atoms with van der Waals surface area (Å²) < 4.78 is 3.08. The van der Waals surface area contributed by atoms with E-state index in [0.717, 1.165) is 29.6 Å². The summed E-state index contributed by atoms with van der Waals surface area (Å²) in [6.07, 6.45) is 5.14. The Bertz CT molecular complexity index is 393. The van der Waals surface area contributed by atoms with Gasteiger partial charge in [-0.15, -0.1) is 0 Å². The maximum Gasteiger partial charge on any atom is 0.0693 e. The highest BCUT2D eigenvalue weighted by Gasteiger charge is 2.21. The lowest BCUT2D eigenvalue weighted by molar-refractivity contribution is 0.283. The summed E-state index contributed by atoms with van der Waals surface area (Å²) >= 11 is 3.58. The largest absolute Gasteiger partial charge is 0.323 e. The van der Waals surface area contributed by atoms with Gasteiger partial charge in [0, 0.05) is 12.6 Å². The molecule has 0 saturated carbocycles. The zero-order chi connectivity index (χ0) is 14.6. The van der Waals surface area contributed by atoms with Gasteiger partial charge in [-0.1, -0.05) is 34.6 Å². The van der Waals surface area contributed by atoms with Crippen molar-refractivity contribution in [2.24, 2.45) is 17.1 Å². The summed E-state index contributed by atoms with van der Waals surface area (Å²) in [6, 6.07) is 0.0563. The van der Waals surface area contributed by atoms with Crippen LogP contribution < -0.4 is 5.73 Å². The van der Waals surface area contributed by atoms with E-state index in [2.05, 4.69) is 55.6 Å². The lowest BCUT2D eigenvalue weighted by Gasteiger charge is -2.25. The second-order valence-corrected chi connectivity index (χ2v) is 7.67. The van der Waals surface area contributed by atoms with Crippen LogP contribution in [0.1, 0.15) is 65.6 Å². The van der Waals surface area contributed by atoms with E-state index in [9.17, 15) is 0 Å². The molecule has 0 saturated heterocycles. The highest BCUT2D eigenvalue weighted by atomic mass is 79.9. The maximum atomic E-state index is 6.40. The molecule has 110 valence electrons. The average Bonchev–Trinajstić information content (AvgIpc) is 2.57. The molecule has 0 aliphatic heterocycles. The molecule has 1 heterocycles. The van der Waals surface area contributed by atoms with Crippen molar-refractivity contribution >= 4 is 15.9 Å². The van der Waals surface area contributed by atoms with E-state index < -0.39 is 0 Å². The first-order chi connectivity index (χ1) is 8.74. The van der Waals surface area contributed by atoms with Gasteiger partial charge in [0.1, 0.15) is 0 Å². The maximum absolute atomic E-state index is 6.40. The van der Waals surface area contributed by atoms with Gasteiger partial charge in [0.2, 0.25) is 0 Å². The van der Waals surface area contributed by atoms with Crippen molar-refractivity contribution < 1.29 is 0 Å². The van der Waals surface area contributed by atoms with Crippen LogP contribution in [0.3, 0.4) is 0 Å². The normalized spacial score (nSPS) is 15.5. The third-order valence-corrected chi connectivity index (χ3v) is 3.85. The molecule has 0 amide bonds. The Morgan fingerprint density at radius 1 is 1.42 bits per heavy atom. The lowest BCUT2D eigenvalue weighted by Crippen LogP contribution is -2.21. The van der Waals surface area contributed by atoms with Crippen molar-refractivity contribution in [2.45, 2.75) is 66.5 Å². The summed E-state index contributed by atoms with van der Waals surface area (Å²) in [5.74, 6) is 0.617. The fourth-order valence-electron chi connectivity index (χ4n) is 2.80. The summed E-state index contributed by atoms with van der Waals surface area (Å²) in [5, 5.41) is 4.40. The van der Waals surface area contributed by atoms with Crippen LogP contribution in [0.5, 0.6) is 0 Å². The third kappa shape index (κ3) is 5.27. The molecule has 4 heteroatoms. The van der Waals surface area contributed by atoms with Crippen LogP contribution in [0, 0.1) is 11.3 Å². The molecular weight excluding hydrogens is 302 g/mol. The molecule has 0 aliphatic rings. The molecule has 1 aromatic heterocycles. The number of hydrogen-bond donors (Lipinski definition) is 1. The molecule has 2 unspecified atom stereocenters. The minimum absolute atomic E-state index is 0.0563. The van der Waals surface area contributed by atoms with Gasteiger partial charge in [-0.25, -0.2) is 0 Å². The number of aryl methyl sites for hydroxylation is 1. The Kier molecular flexibility index (Phi) is 6.06. The van der Waals surface area contributed by atoms with Crippen molar-refractivity contribution in [3.63, 3.8) is 0 Å². The highest BCUT2D eigenvalue weighted by molar-refractivity contribution is 9.10. The molecule has 2 N–H and O–H groups in total. The number of aromatic nitrogens is 2. The van der Waals surface area contributed by atoms with Crippen LogP contribution in [0.15, 0.2) is 10.7 Å². The van der Waals surface area contributed by atoms with Crippen LogP contribution in [-0.4, -0.2) is 9.78 Å². The third-order valence-electron chi connectivity index (χ3n) is 3.24. The molecule has 1 rings (SSSR count). The fraction of sp³-hybridized carbons (Fsp3) is 0.800. The molecule has 19 heavy (non-hydrogen) atoms. The van der Waals surface area contributed by atoms with E-state index >= 15 is 0 Å². The van der Waals surface area contributed by atoms with Crippen molar-refractivity contribution in [2.75, 3.05) is 0 Å². The number of halogens is 1.